The van der Waals surface area contributed by atoms with Crippen LogP contribution in [0.1, 0.15) is 58.3 Å². The van der Waals surface area contributed by atoms with Crippen LogP contribution in [0.25, 0.3) is 0 Å². The highest BCUT2D eigenvalue weighted by molar-refractivity contribution is 4.92. The Hall–Kier alpha value is -0.0800. The second-order valence-corrected chi connectivity index (χ2v) is 7.01. The monoisotopic (exact) mass is 250 g/mol. The molecule has 0 radical (unpaired) electrons. The molecule has 2 bridgehead atoms. The van der Waals surface area contributed by atoms with Crippen LogP contribution in [0.4, 0.5) is 0 Å². The van der Waals surface area contributed by atoms with Gasteiger partial charge in [-0.1, -0.05) is 13.3 Å². The van der Waals surface area contributed by atoms with Gasteiger partial charge in [-0.25, -0.2) is 0 Å². The van der Waals surface area contributed by atoms with Gasteiger partial charge in [-0.3, -0.25) is 0 Å². The van der Waals surface area contributed by atoms with E-state index < -0.39 is 0 Å². The summed E-state index contributed by atoms with van der Waals surface area (Å²) in [5.74, 6) is 2.04. The van der Waals surface area contributed by atoms with E-state index in [2.05, 4.69) is 17.1 Å². The van der Waals surface area contributed by atoms with Crippen molar-refractivity contribution in [3.8, 4) is 0 Å². The summed E-state index contributed by atoms with van der Waals surface area (Å²) in [5, 5.41) is 3.76. The minimum Gasteiger partial charge on any atom is -0.311 e. The first-order valence-corrected chi connectivity index (χ1v) is 8.32. The number of nitrogens with one attached hydrogen (secondary N) is 1. The first-order valence-electron chi connectivity index (χ1n) is 8.32. The van der Waals surface area contributed by atoms with E-state index in [0.29, 0.717) is 0 Å². The highest BCUT2D eigenvalue weighted by atomic mass is 15.1. The molecule has 3 heterocycles. The van der Waals surface area contributed by atoms with Gasteiger partial charge >= 0.3 is 0 Å². The number of fused-ring (bicyclic) bond motifs is 2. The van der Waals surface area contributed by atoms with E-state index in [1.54, 1.807) is 0 Å². The van der Waals surface area contributed by atoms with Crippen LogP contribution in [0.15, 0.2) is 0 Å². The molecular formula is C16H30N2. The van der Waals surface area contributed by atoms with E-state index >= 15 is 0 Å². The van der Waals surface area contributed by atoms with Gasteiger partial charge in [0, 0.05) is 18.6 Å². The zero-order chi connectivity index (χ0) is 12.4. The second-order valence-electron chi connectivity index (χ2n) is 7.01. The number of nitrogens with zero attached hydrogens (tertiary/aromatic N) is 1. The van der Waals surface area contributed by atoms with E-state index in [1.165, 1.54) is 71.0 Å². The van der Waals surface area contributed by atoms with Crippen LogP contribution in [0.5, 0.6) is 0 Å². The van der Waals surface area contributed by atoms with Crippen LogP contribution < -0.4 is 5.32 Å². The molecule has 3 atom stereocenters. The number of piperidine rings is 1. The molecule has 18 heavy (non-hydrogen) atoms. The Morgan fingerprint density at radius 3 is 2.50 bits per heavy atom. The molecule has 3 rings (SSSR count). The molecule has 3 saturated heterocycles. The third-order valence-electron chi connectivity index (χ3n) is 5.49. The molecule has 1 N–H and O–H groups in total. The van der Waals surface area contributed by atoms with Crippen LogP contribution in [0, 0.1) is 11.8 Å². The zero-order valence-electron chi connectivity index (χ0n) is 12.0. The Morgan fingerprint density at radius 1 is 1.00 bits per heavy atom. The maximum atomic E-state index is 3.76. The van der Waals surface area contributed by atoms with E-state index in [4.69, 9.17) is 0 Å². The Morgan fingerprint density at radius 2 is 1.78 bits per heavy atom. The normalized spacial score (nSPS) is 40.5. The predicted octanol–water partition coefficient (Wildman–Crippen LogP) is 3.03. The van der Waals surface area contributed by atoms with E-state index in [0.717, 1.165) is 23.9 Å². The van der Waals surface area contributed by atoms with Crippen molar-refractivity contribution in [2.24, 2.45) is 11.8 Å². The highest BCUT2D eigenvalue weighted by Crippen LogP contribution is 2.33. The van der Waals surface area contributed by atoms with Gasteiger partial charge in [0.05, 0.1) is 0 Å². The Balaban J connectivity index is 1.37. The lowest BCUT2D eigenvalue weighted by Crippen LogP contribution is -2.39. The smallest absolute Gasteiger partial charge is 0.00728 e. The van der Waals surface area contributed by atoms with Gasteiger partial charge in [0.25, 0.3) is 0 Å². The molecule has 2 nitrogen and oxygen atoms in total. The number of likely N-dealkylation sites (tertiary alicyclic amines) is 1. The summed E-state index contributed by atoms with van der Waals surface area (Å²) < 4.78 is 0. The third-order valence-corrected chi connectivity index (χ3v) is 5.49. The summed E-state index contributed by atoms with van der Waals surface area (Å²) in [7, 11) is 0. The van der Waals surface area contributed by atoms with Gasteiger partial charge in [0.15, 0.2) is 0 Å². The molecule has 3 unspecified atom stereocenters. The van der Waals surface area contributed by atoms with Crippen LogP contribution >= 0.6 is 0 Å². The molecule has 0 spiro atoms. The fourth-order valence-corrected chi connectivity index (χ4v) is 4.54. The molecule has 3 fully saturated rings. The van der Waals surface area contributed by atoms with Crippen molar-refractivity contribution in [3.63, 3.8) is 0 Å². The van der Waals surface area contributed by atoms with E-state index in [9.17, 15) is 0 Å². The quantitative estimate of drug-likeness (QED) is 0.807. The van der Waals surface area contributed by atoms with Gasteiger partial charge in [-0.2, -0.15) is 0 Å². The van der Waals surface area contributed by atoms with Crippen LogP contribution in [-0.4, -0.2) is 36.6 Å². The first-order chi connectivity index (χ1) is 8.83. The molecule has 0 amide bonds. The standard InChI is InChI=1S/C16H30N2/c1-2-3-13-6-8-18(12-13)9-7-14-10-15-4-5-16(11-14)17-15/h13-17H,2-12H2,1H3. The molecule has 0 saturated carbocycles. The lowest BCUT2D eigenvalue weighted by atomic mass is 9.89. The van der Waals surface area contributed by atoms with Gasteiger partial charge in [-0.05, 0) is 69.9 Å². The van der Waals surface area contributed by atoms with Gasteiger partial charge in [0.2, 0.25) is 0 Å². The molecule has 2 heteroatoms. The fraction of sp³-hybridized carbons (Fsp3) is 1.00. The minimum atomic E-state index is 0.875. The largest absolute Gasteiger partial charge is 0.311 e. The molecule has 0 aromatic heterocycles. The van der Waals surface area contributed by atoms with Crippen LogP contribution in [0.3, 0.4) is 0 Å². The van der Waals surface area contributed by atoms with Crippen LogP contribution in [0.2, 0.25) is 0 Å². The van der Waals surface area contributed by atoms with Crippen molar-refractivity contribution in [2.45, 2.75) is 70.4 Å². The third kappa shape index (κ3) is 3.08. The number of rotatable bonds is 5. The van der Waals surface area contributed by atoms with Crippen molar-refractivity contribution in [3.05, 3.63) is 0 Å². The summed E-state index contributed by atoms with van der Waals surface area (Å²) in [5.41, 5.74) is 0. The topological polar surface area (TPSA) is 15.3 Å². The molecule has 0 aromatic carbocycles. The van der Waals surface area contributed by atoms with Crippen molar-refractivity contribution in [2.75, 3.05) is 19.6 Å². The Kier molecular flexibility index (Phi) is 4.25. The molecule has 0 aromatic rings. The highest BCUT2D eigenvalue weighted by Gasteiger charge is 2.33. The molecule has 3 aliphatic rings. The summed E-state index contributed by atoms with van der Waals surface area (Å²) in [6, 6.07) is 1.75. The lowest BCUT2D eigenvalue weighted by molar-refractivity contribution is 0.237. The fourth-order valence-electron chi connectivity index (χ4n) is 4.54. The van der Waals surface area contributed by atoms with Gasteiger partial charge in [-0.15, -0.1) is 0 Å². The second kappa shape index (κ2) is 5.92. The molecule has 0 aliphatic carbocycles. The summed E-state index contributed by atoms with van der Waals surface area (Å²) >= 11 is 0. The predicted molar refractivity (Wildman–Crippen MR) is 76.7 cm³/mol. The average Bonchev–Trinajstić information content (AvgIpc) is 2.95. The van der Waals surface area contributed by atoms with Crippen molar-refractivity contribution < 1.29 is 0 Å². The molecular weight excluding hydrogens is 220 g/mol. The van der Waals surface area contributed by atoms with Crippen molar-refractivity contribution in [1.29, 1.82) is 0 Å². The summed E-state index contributed by atoms with van der Waals surface area (Å²) in [6.45, 7) is 6.48. The number of hydrogen-bond acceptors (Lipinski definition) is 2. The summed E-state index contributed by atoms with van der Waals surface area (Å²) in [4.78, 5) is 2.74. The maximum Gasteiger partial charge on any atom is 0.00728 e. The lowest BCUT2D eigenvalue weighted by Gasteiger charge is -2.30. The van der Waals surface area contributed by atoms with E-state index in [-0.39, 0.29) is 0 Å². The van der Waals surface area contributed by atoms with Gasteiger partial charge in [0.1, 0.15) is 0 Å². The zero-order valence-corrected chi connectivity index (χ0v) is 12.0. The minimum absolute atomic E-state index is 0.875. The molecule has 104 valence electrons. The van der Waals surface area contributed by atoms with Crippen LogP contribution in [-0.2, 0) is 0 Å². The summed E-state index contributed by atoms with van der Waals surface area (Å²) in [6.07, 6.45) is 11.6. The first kappa shape index (κ1) is 12.9. The van der Waals surface area contributed by atoms with Crippen molar-refractivity contribution in [1.82, 2.24) is 10.2 Å². The number of hydrogen-bond donors (Lipinski definition) is 1. The van der Waals surface area contributed by atoms with Gasteiger partial charge < -0.3 is 10.2 Å². The van der Waals surface area contributed by atoms with Crippen molar-refractivity contribution >= 4 is 0 Å². The van der Waals surface area contributed by atoms with E-state index in [1.807, 2.05) is 0 Å². The Labute approximate surface area is 113 Å². The maximum absolute atomic E-state index is 3.76. The Bertz CT molecular complexity index is 254. The average molecular weight is 250 g/mol. The SMILES string of the molecule is CCCC1CCN(CCC2CC3CCC(C2)N3)C1. The molecule has 3 aliphatic heterocycles.